The number of allylic oxidation sites excluding steroid dienone is 1. The molecule has 2 aromatic rings. The number of rotatable bonds is 4. The van der Waals surface area contributed by atoms with E-state index in [-0.39, 0.29) is 23.4 Å². The third-order valence-electron chi connectivity index (χ3n) is 5.60. The highest BCUT2D eigenvalue weighted by atomic mass is 19.1. The number of carbonyl (C=O) groups excluding carboxylic acids is 2. The number of esters is 2. The van der Waals surface area contributed by atoms with Gasteiger partial charge in [0, 0.05) is 11.1 Å². The summed E-state index contributed by atoms with van der Waals surface area (Å²) >= 11 is 0. The molecule has 0 saturated heterocycles. The van der Waals surface area contributed by atoms with Crippen LogP contribution in [0.2, 0.25) is 0 Å². The summed E-state index contributed by atoms with van der Waals surface area (Å²) in [5.41, 5.74) is 4.96. The highest BCUT2D eigenvalue weighted by Gasteiger charge is 2.34. The topological polar surface area (TPSA) is 52.6 Å². The second kappa shape index (κ2) is 9.40. The monoisotopic (exact) mass is 434 g/mol. The van der Waals surface area contributed by atoms with E-state index in [4.69, 9.17) is 4.74 Å². The van der Waals surface area contributed by atoms with Gasteiger partial charge in [-0.15, -0.1) is 0 Å². The molecule has 1 aliphatic carbocycles. The van der Waals surface area contributed by atoms with Crippen LogP contribution in [0.25, 0.3) is 5.57 Å². The van der Waals surface area contributed by atoms with Crippen LogP contribution in [-0.2, 0) is 30.9 Å². The fourth-order valence-corrected chi connectivity index (χ4v) is 4.10. The lowest BCUT2D eigenvalue weighted by molar-refractivity contribution is -0.140. The van der Waals surface area contributed by atoms with Crippen molar-refractivity contribution in [3.05, 3.63) is 75.6 Å². The first kappa shape index (κ1) is 23.3. The van der Waals surface area contributed by atoms with E-state index in [0.29, 0.717) is 17.7 Å². The zero-order valence-electron chi connectivity index (χ0n) is 19.1. The number of benzene rings is 2. The van der Waals surface area contributed by atoms with Gasteiger partial charge in [0.25, 0.3) is 0 Å². The van der Waals surface area contributed by atoms with Gasteiger partial charge in [0.1, 0.15) is 5.82 Å². The van der Waals surface area contributed by atoms with Gasteiger partial charge < -0.3 is 9.47 Å². The van der Waals surface area contributed by atoms with Crippen LogP contribution in [0.5, 0.6) is 0 Å². The molecule has 2 aromatic carbocycles. The average Bonchev–Trinajstić information content (AvgIpc) is 2.73. The molecule has 0 bridgehead atoms. The maximum Gasteiger partial charge on any atom is 0.338 e. The van der Waals surface area contributed by atoms with Crippen molar-refractivity contribution in [2.24, 2.45) is 0 Å². The van der Waals surface area contributed by atoms with E-state index in [2.05, 4.69) is 30.4 Å². The molecule has 0 spiro atoms. The summed E-state index contributed by atoms with van der Waals surface area (Å²) in [7, 11) is 1.27. The van der Waals surface area contributed by atoms with Crippen LogP contribution in [0.4, 0.5) is 4.39 Å². The van der Waals surface area contributed by atoms with Gasteiger partial charge in [0.15, 0.2) is 0 Å². The molecule has 32 heavy (non-hydrogen) atoms. The predicted molar refractivity (Wildman–Crippen MR) is 121 cm³/mol. The molecular formula is C27H27FO4. The van der Waals surface area contributed by atoms with Crippen LogP contribution in [0, 0.1) is 17.7 Å². The predicted octanol–water partition coefficient (Wildman–Crippen LogP) is 4.96. The summed E-state index contributed by atoms with van der Waals surface area (Å²) in [4.78, 5) is 23.9. The van der Waals surface area contributed by atoms with Gasteiger partial charge in [-0.3, -0.25) is 4.79 Å². The lowest BCUT2D eigenvalue weighted by Crippen LogP contribution is -2.26. The van der Waals surface area contributed by atoms with Crippen molar-refractivity contribution in [2.45, 2.75) is 46.0 Å². The molecule has 0 aliphatic heterocycles. The van der Waals surface area contributed by atoms with E-state index in [1.54, 1.807) is 19.1 Å². The van der Waals surface area contributed by atoms with E-state index in [1.165, 1.54) is 13.2 Å². The standard InChI is InChI=1S/C27H27FO4/c1-6-32-26(30)25-17(2)16-27(3,4)22-13-18(10-12-21(22)25)7-8-19-9-11-20(23(28)14-19)15-24(29)31-5/h9-14H,6,15-16H2,1-5H3. The zero-order chi connectivity index (χ0) is 23.5. The van der Waals surface area contributed by atoms with Gasteiger partial charge in [0.05, 0.1) is 25.7 Å². The van der Waals surface area contributed by atoms with Gasteiger partial charge in [-0.05, 0) is 66.6 Å². The highest BCUT2D eigenvalue weighted by Crippen LogP contribution is 2.43. The molecule has 1 aliphatic rings. The molecular weight excluding hydrogens is 407 g/mol. The minimum atomic E-state index is -0.495. The van der Waals surface area contributed by atoms with E-state index >= 15 is 0 Å². The van der Waals surface area contributed by atoms with Crippen LogP contribution < -0.4 is 0 Å². The quantitative estimate of drug-likeness (QED) is 0.504. The summed E-state index contributed by atoms with van der Waals surface area (Å²) in [6.45, 7) is 8.38. The van der Waals surface area contributed by atoms with Gasteiger partial charge >= 0.3 is 11.9 Å². The van der Waals surface area contributed by atoms with Crippen molar-refractivity contribution in [2.75, 3.05) is 13.7 Å². The van der Waals surface area contributed by atoms with E-state index in [0.717, 1.165) is 28.7 Å². The van der Waals surface area contributed by atoms with Crippen molar-refractivity contribution in [3.8, 4) is 11.8 Å². The third-order valence-corrected chi connectivity index (χ3v) is 5.60. The normalized spacial score (nSPS) is 14.2. The lowest BCUT2D eigenvalue weighted by Gasteiger charge is -2.34. The summed E-state index contributed by atoms with van der Waals surface area (Å²) in [6.07, 6.45) is 0.629. The first-order chi connectivity index (χ1) is 15.2. The Labute approximate surface area is 188 Å². The molecule has 0 amide bonds. The fraction of sp³-hybridized carbons (Fsp3) is 0.333. The summed E-state index contributed by atoms with van der Waals surface area (Å²) in [6, 6.07) is 10.3. The van der Waals surface area contributed by atoms with E-state index in [9.17, 15) is 14.0 Å². The smallest absolute Gasteiger partial charge is 0.338 e. The zero-order valence-corrected chi connectivity index (χ0v) is 19.1. The average molecular weight is 435 g/mol. The minimum absolute atomic E-state index is 0.119. The van der Waals surface area contributed by atoms with Crippen molar-refractivity contribution in [1.29, 1.82) is 0 Å². The van der Waals surface area contributed by atoms with Crippen LogP contribution in [0.3, 0.4) is 0 Å². The number of fused-ring (bicyclic) bond motifs is 1. The molecule has 0 aromatic heterocycles. The number of carbonyl (C=O) groups is 2. The Hall–Kier alpha value is -3.39. The molecule has 4 nitrogen and oxygen atoms in total. The first-order valence-corrected chi connectivity index (χ1v) is 10.5. The van der Waals surface area contributed by atoms with Gasteiger partial charge in [-0.2, -0.15) is 0 Å². The highest BCUT2D eigenvalue weighted by molar-refractivity contribution is 6.18. The molecule has 0 N–H and O–H groups in total. The summed E-state index contributed by atoms with van der Waals surface area (Å²) < 4.78 is 24.2. The Morgan fingerprint density at radius 2 is 1.75 bits per heavy atom. The Morgan fingerprint density at radius 3 is 2.38 bits per heavy atom. The van der Waals surface area contributed by atoms with Crippen molar-refractivity contribution < 1.29 is 23.5 Å². The molecule has 0 fully saturated rings. The Balaban J connectivity index is 1.94. The van der Waals surface area contributed by atoms with Crippen LogP contribution in [0.15, 0.2) is 42.0 Å². The second-order valence-corrected chi connectivity index (χ2v) is 8.51. The molecule has 0 atom stereocenters. The molecule has 0 radical (unpaired) electrons. The van der Waals surface area contributed by atoms with Gasteiger partial charge in [-0.1, -0.05) is 43.4 Å². The van der Waals surface area contributed by atoms with Crippen molar-refractivity contribution in [1.82, 2.24) is 0 Å². The Bertz CT molecular complexity index is 1160. The number of methoxy groups -OCH3 is 1. The lowest BCUT2D eigenvalue weighted by atomic mass is 9.70. The van der Waals surface area contributed by atoms with Gasteiger partial charge in [-0.25, -0.2) is 9.18 Å². The van der Waals surface area contributed by atoms with Gasteiger partial charge in [0.2, 0.25) is 0 Å². The summed E-state index contributed by atoms with van der Waals surface area (Å²) in [5.74, 6) is 4.78. The first-order valence-electron chi connectivity index (χ1n) is 10.5. The molecule has 166 valence electrons. The molecule has 0 saturated carbocycles. The number of ether oxygens (including phenoxy) is 2. The van der Waals surface area contributed by atoms with Crippen LogP contribution in [0.1, 0.15) is 61.9 Å². The van der Waals surface area contributed by atoms with E-state index in [1.807, 2.05) is 25.1 Å². The van der Waals surface area contributed by atoms with Crippen molar-refractivity contribution >= 4 is 17.5 Å². The Morgan fingerprint density at radius 1 is 1.09 bits per heavy atom. The second-order valence-electron chi connectivity index (χ2n) is 8.51. The largest absolute Gasteiger partial charge is 0.469 e. The molecule has 0 heterocycles. The van der Waals surface area contributed by atoms with E-state index < -0.39 is 11.8 Å². The van der Waals surface area contributed by atoms with Crippen LogP contribution in [-0.4, -0.2) is 25.7 Å². The maximum atomic E-state index is 14.3. The molecule has 5 heteroatoms. The minimum Gasteiger partial charge on any atom is -0.469 e. The fourth-order valence-electron chi connectivity index (χ4n) is 4.10. The number of hydrogen-bond donors (Lipinski definition) is 0. The SMILES string of the molecule is CCOC(=O)C1=C(C)CC(C)(C)c2cc(C#Cc3ccc(CC(=O)OC)c(F)c3)ccc21. The number of hydrogen-bond acceptors (Lipinski definition) is 4. The van der Waals surface area contributed by atoms with Crippen LogP contribution >= 0.6 is 0 Å². The maximum absolute atomic E-state index is 14.3. The van der Waals surface area contributed by atoms with Crippen molar-refractivity contribution in [3.63, 3.8) is 0 Å². The third kappa shape index (κ3) is 4.91. The summed E-state index contributed by atoms with van der Waals surface area (Å²) in [5, 5.41) is 0. The molecule has 3 rings (SSSR count). The number of halogens is 1. The molecule has 0 unspecified atom stereocenters. The Kier molecular flexibility index (Phi) is 6.84.